The van der Waals surface area contributed by atoms with Crippen molar-refractivity contribution in [2.75, 3.05) is 32.4 Å². The summed E-state index contributed by atoms with van der Waals surface area (Å²) in [6, 6.07) is 7.75. The van der Waals surface area contributed by atoms with E-state index >= 15 is 0 Å². The molecule has 1 atom stereocenters. The van der Waals surface area contributed by atoms with Gasteiger partial charge in [-0.05, 0) is 49.6 Å². The van der Waals surface area contributed by atoms with Gasteiger partial charge in [0.1, 0.15) is 0 Å². The van der Waals surface area contributed by atoms with Gasteiger partial charge >= 0.3 is 0 Å². The molecule has 1 unspecified atom stereocenters. The average Bonchev–Trinajstić information content (AvgIpc) is 3.12. The van der Waals surface area contributed by atoms with Crippen LogP contribution in [-0.2, 0) is 6.42 Å². The molecule has 0 radical (unpaired) electrons. The summed E-state index contributed by atoms with van der Waals surface area (Å²) in [6.07, 6.45) is 3.45. The van der Waals surface area contributed by atoms with Crippen molar-refractivity contribution in [2.24, 2.45) is 4.99 Å². The van der Waals surface area contributed by atoms with E-state index in [9.17, 15) is 4.79 Å². The highest BCUT2D eigenvalue weighted by molar-refractivity contribution is 14.0. The molecule has 0 spiro atoms. The lowest BCUT2D eigenvalue weighted by molar-refractivity contribution is 0.0963. The molecule has 1 saturated heterocycles. The van der Waals surface area contributed by atoms with Crippen LogP contribution in [-0.4, -0.2) is 49.6 Å². The van der Waals surface area contributed by atoms with Gasteiger partial charge in [-0.15, -0.1) is 24.0 Å². The van der Waals surface area contributed by atoms with Crippen molar-refractivity contribution in [3.8, 4) is 0 Å². The summed E-state index contributed by atoms with van der Waals surface area (Å²) in [7, 11) is 1.65. The van der Waals surface area contributed by atoms with Crippen LogP contribution in [0, 0.1) is 0 Å². The quantitative estimate of drug-likeness (QED) is 0.322. The summed E-state index contributed by atoms with van der Waals surface area (Å²) in [6.45, 7) is 4.61. The van der Waals surface area contributed by atoms with Crippen molar-refractivity contribution >= 4 is 47.6 Å². The molecule has 25 heavy (non-hydrogen) atoms. The first-order chi connectivity index (χ1) is 11.7. The van der Waals surface area contributed by atoms with Gasteiger partial charge in [-0.2, -0.15) is 11.8 Å². The van der Waals surface area contributed by atoms with E-state index < -0.39 is 0 Å². The van der Waals surface area contributed by atoms with Crippen LogP contribution in [0.25, 0.3) is 0 Å². The lowest BCUT2D eigenvalue weighted by Gasteiger charge is -2.13. The second kappa shape index (κ2) is 12.4. The molecule has 1 amide bonds. The lowest BCUT2D eigenvalue weighted by atomic mass is 10.1. The number of halogens is 1. The molecule has 7 heteroatoms. The van der Waals surface area contributed by atoms with Gasteiger partial charge in [0.25, 0.3) is 5.91 Å². The Morgan fingerprint density at radius 1 is 1.36 bits per heavy atom. The highest BCUT2D eigenvalue weighted by Gasteiger charge is 2.14. The van der Waals surface area contributed by atoms with Crippen LogP contribution in [0.1, 0.15) is 35.7 Å². The minimum Gasteiger partial charge on any atom is -0.357 e. The minimum absolute atomic E-state index is 0. The number of aliphatic imine (C=N–C) groups is 1. The Morgan fingerprint density at radius 3 is 2.88 bits per heavy atom. The molecule has 0 aliphatic carbocycles. The molecule has 5 nitrogen and oxygen atoms in total. The maximum Gasteiger partial charge on any atom is 0.251 e. The molecule has 140 valence electrons. The zero-order valence-corrected chi connectivity index (χ0v) is 18.2. The van der Waals surface area contributed by atoms with E-state index in [0.717, 1.165) is 37.6 Å². The Labute approximate surface area is 172 Å². The van der Waals surface area contributed by atoms with Crippen molar-refractivity contribution < 1.29 is 4.79 Å². The van der Waals surface area contributed by atoms with E-state index in [1.54, 1.807) is 7.05 Å². The van der Waals surface area contributed by atoms with Crippen LogP contribution in [0.5, 0.6) is 0 Å². The summed E-state index contributed by atoms with van der Waals surface area (Å²) >= 11 is 2.03. The lowest BCUT2D eigenvalue weighted by Crippen LogP contribution is -2.38. The Balaban J connectivity index is 0.00000312. The highest BCUT2D eigenvalue weighted by Crippen LogP contribution is 2.25. The third-order valence-electron chi connectivity index (χ3n) is 3.94. The maximum atomic E-state index is 11.7. The zero-order chi connectivity index (χ0) is 17.2. The van der Waals surface area contributed by atoms with E-state index in [1.165, 1.54) is 18.6 Å². The number of carbonyl (C=O) groups is 1. The van der Waals surface area contributed by atoms with E-state index in [2.05, 4.69) is 22.9 Å². The summed E-state index contributed by atoms with van der Waals surface area (Å²) in [4.78, 5) is 16.4. The molecular formula is C18H29IN4OS. The average molecular weight is 476 g/mol. The van der Waals surface area contributed by atoms with Crippen molar-refractivity contribution in [1.82, 2.24) is 16.0 Å². The highest BCUT2D eigenvalue weighted by atomic mass is 127. The van der Waals surface area contributed by atoms with Gasteiger partial charge in [-0.1, -0.05) is 12.1 Å². The number of carbonyl (C=O) groups excluding carboxylic acids is 1. The van der Waals surface area contributed by atoms with Gasteiger partial charge in [-0.3, -0.25) is 9.79 Å². The molecule has 3 N–H and O–H groups in total. The van der Waals surface area contributed by atoms with Crippen LogP contribution < -0.4 is 16.0 Å². The minimum atomic E-state index is -0.0474. The maximum absolute atomic E-state index is 11.7. The molecule has 2 rings (SSSR count). The number of rotatable bonds is 7. The molecular weight excluding hydrogens is 447 g/mol. The summed E-state index contributed by atoms with van der Waals surface area (Å²) < 4.78 is 0. The molecule has 0 saturated carbocycles. The fourth-order valence-corrected chi connectivity index (χ4v) is 3.84. The van der Waals surface area contributed by atoms with Crippen LogP contribution in [0.3, 0.4) is 0 Å². The molecule has 0 bridgehead atoms. The summed E-state index contributed by atoms with van der Waals surface area (Å²) in [5, 5.41) is 10.0. The smallest absolute Gasteiger partial charge is 0.251 e. The van der Waals surface area contributed by atoms with Gasteiger partial charge in [0.15, 0.2) is 5.96 Å². The fraction of sp³-hybridized carbons (Fsp3) is 0.556. The fourth-order valence-electron chi connectivity index (χ4n) is 2.66. The number of thioether (sulfide) groups is 1. The van der Waals surface area contributed by atoms with E-state index in [0.29, 0.717) is 10.8 Å². The van der Waals surface area contributed by atoms with Crippen LogP contribution in [0.15, 0.2) is 29.3 Å². The molecule has 1 aliphatic rings. The number of hydrogen-bond donors (Lipinski definition) is 3. The second-order valence-corrected chi connectivity index (χ2v) is 7.22. The van der Waals surface area contributed by atoms with E-state index in [-0.39, 0.29) is 29.9 Å². The Hall–Kier alpha value is -0.960. The number of nitrogens with zero attached hydrogens (tertiary/aromatic N) is 1. The van der Waals surface area contributed by atoms with Crippen LogP contribution in [0.4, 0.5) is 0 Å². The number of hydrogen-bond acceptors (Lipinski definition) is 3. The standard InChI is InChI=1S/C18H28N4OS.HI/c1-3-20-18(22-13-16-8-5-11-24-16)21-10-9-14-6-4-7-15(12-14)17(23)19-2;/h4,6-7,12,16H,3,5,8-11,13H2,1-2H3,(H,19,23)(H2,20,21,22);1H. The first-order valence-electron chi connectivity index (χ1n) is 8.67. The zero-order valence-electron chi connectivity index (χ0n) is 15.0. The van der Waals surface area contributed by atoms with Crippen LogP contribution in [0.2, 0.25) is 0 Å². The topological polar surface area (TPSA) is 65.5 Å². The van der Waals surface area contributed by atoms with E-state index in [4.69, 9.17) is 4.99 Å². The SMILES string of the molecule is CCNC(=NCC1CCCS1)NCCc1cccc(C(=O)NC)c1.I. The monoisotopic (exact) mass is 476 g/mol. The number of guanidine groups is 1. The third-order valence-corrected chi connectivity index (χ3v) is 5.32. The summed E-state index contributed by atoms with van der Waals surface area (Å²) in [5.74, 6) is 2.10. The molecule has 1 aliphatic heterocycles. The normalized spacial score (nSPS) is 16.9. The second-order valence-electron chi connectivity index (χ2n) is 5.81. The predicted octanol–water partition coefficient (Wildman–Crippen LogP) is 2.66. The Kier molecular flexibility index (Phi) is 11.0. The predicted molar refractivity (Wildman–Crippen MR) is 118 cm³/mol. The molecule has 0 aromatic heterocycles. The molecule has 1 aromatic carbocycles. The largest absolute Gasteiger partial charge is 0.357 e. The van der Waals surface area contributed by atoms with Crippen molar-refractivity contribution in [1.29, 1.82) is 0 Å². The summed E-state index contributed by atoms with van der Waals surface area (Å²) in [5.41, 5.74) is 1.85. The van der Waals surface area contributed by atoms with Crippen molar-refractivity contribution in [3.63, 3.8) is 0 Å². The first kappa shape index (κ1) is 22.1. The van der Waals surface area contributed by atoms with Gasteiger partial charge in [0.2, 0.25) is 0 Å². The number of nitrogens with one attached hydrogen (secondary N) is 3. The Morgan fingerprint density at radius 2 is 2.20 bits per heavy atom. The van der Waals surface area contributed by atoms with Gasteiger partial charge < -0.3 is 16.0 Å². The molecule has 1 heterocycles. The van der Waals surface area contributed by atoms with Gasteiger partial charge in [-0.25, -0.2) is 0 Å². The van der Waals surface area contributed by atoms with Gasteiger partial charge in [0, 0.05) is 31.0 Å². The van der Waals surface area contributed by atoms with Crippen molar-refractivity contribution in [3.05, 3.63) is 35.4 Å². The molecule has 1 fully saturated rings. The Bertz CT molecular complexity index is 562. The molecule has 1 aromatic rings. The third kappa shape index (κ3) is 7.85. The first-order valence-corrected chi connectivity index (χ1v) is 9.72. The van der Waals surface area contributed by atoms with Gasteiger partial charge in [0.05, 0.1) is 6.54 Å². The van der Waals surface area contributed by atoms with Crippen molar-refractivity contribution in [2.45, 2.75) is 31.4 Å². The van der Waals surface area contributed by atoms with Crippen LogP contribution >= 0.6 is 35.7 Å². The number of benzene rings is 1. The number of amides is 1. The van der Waals surface area contributed by atoms with E-state index in [1.807, 2.05) is 36.0 Å².